The van der Waals surface area contributed by atoms with Gasteiger partial charge in [-0.05, 0) is 44.1 Å². The molecular formula is C27H38N4O4S. The lowest BCUT2D eigenvalue weighted by Gasteiger charge is -2.30. The lowest BCUT2D eigenvalue weighted by atomic mass is 9.87. The molecule has 0 bridgehead atoms. The second-order valence-electron chi connectivity index (χ2n) is 9.95. The Morgan fingerprint density at radius 1 is 1.03 bits per heavy atom. The van der Waals surface area contributed by atoms with Crippen molar-refractivity contribution in [1.29, 1.82) is 0 Å². The zero-order valence-electron chi connectivity index (χ0n) is 21.1. The number of hydrogen-bond acceptors (Lipinski definition) is 6. The van der Waals surface area contributed by atoms with Gasteiger partial charge in [0.2, 0.25) is 11.7 Å². The zero-order chi connectivity index (χ0) is 25.3. The lowest BCUT2D eigenvalue weighted by molar-refractivity contribution is -0.142. The molecule has 2 amide bonds. The van der Waals surface area contributed by atoms with Gasteiger partial charge in [0, 0.05) is 31.4 Å². The van der Waals surface area contributed by atoms with Gasteiger partial charge in [-0.15, -0.1) is 5.10 Å². The van der Waals surface area contributed by atoms with Crippen LogP contribution in [0.25, 0.3) is 0 Å². The van der Waals surface area contributed by atoms with Gasteiger partial charge in [-0.2, -0.15) is 0 Å². The number of rotatable bonds is 8. The molecule has 2 N–H and O–H groups in total. The summed E-state index contributed by atoms with van der Waals surface area (Å²) in [4.78, 5) is 41.5. The summed E-state index contributed by atoms with van der Waals surface area (Å²) in [7, 11) is 0. The van der Waals surface area contributed by atoms with Crippen molar-refractivity contribution < 1.29 is 19.1 Å². The molecule has 1 saturated carbocycles. The van der Waals surface area contributed by atoms with E-state index in [2.05, 4.69) is 39.8 Å². The summed E-state index contributed by atoms with van der Waals surface area (Å²) in [5.74, 6) is -0.847. The standard InChI is InChI=1S/C27H38N4O4S/c1-19(20-9-7-4-8-10-20)31-15-18-36-27(31)30-29-26(34)24(32)23(21-13-16-35-17-14-21)28-25(33)22-11-5-2-3-6-12-22/h4,7-10,19,21-23H,2-3,5-6,11-18H2,1H3,(H,28,33)(H,29,34)/b30-27-/t19-,23?/m1/s1. The van der Waals surface area contributed by atoms with E-state index in [9.17, 15) is 14.4 Å². The number of hydrogen-bond donors (Lipinski definition) is 2. The number of Topliss-reactive ketones (excluding diaryl/α,β-unsaturated/α-hetero) is 1. The average molecular weight is 515 g/mol. The van der Waals surface area contributed by atoms with Gasteiger partial charge in [-0.3, -0.25) is 14.4 Å². The van der Waals surface area contributed by atoms with E-state index in [-0.39, 0.29) is 23.8 Å². The molecule has 9 heteroatoms. The zero-order valence-corrected chi connectivity index (χ0v) is 21.9. The minimum absolute atomic E-state index is 0.0890. The fourth-order valence-electron chi connectivity index (χ4n) is 5.34. The van der Waals surface area contributed by atoms with Gasteiger partial charge in [-0.1, -0.05) is 67.8 Å². The van der Waals surface area contributed by atoms with E-state index in [1.807, 2.05) is 18.2 Å². The van der Waals surface area contributed by atoms with Crippen molar-refractivity contribution >= 4 is 34.5 Å². The number of benzene rings is 1. The second kappa shape index (κ2) is 13.2. The van der Waals surface area contributed by atoms with Crippen molar-refractivity contribution in [2.45, 2.75) is 70.4 Å². The van der Waals surface area contributed by atoms with Crippen molar-refractivity contribution in [2.24, 2.45) is 16.9 Å². The Morgan fingerprint density at radius 2 is 1.72 bits per heavy atom. The number of ketones is 1. The number of hydrazone groups is 1. The van der Waals surface area contributed by atoms with Crippen LogP contribution in [0.1, 0.15) is 69.9 Å². The van der Waals surface area contributed by atoms with Crippen LogP contribution in [0.15, 0.2) is 35.4 Å². The molecule has 2 saturated heterocycles. The highest BCUT2D eigenvalue weighted by atomic mass is 32.2. The van der Waals surface area contributed by atoms with Crippen LogP contribution >= 0.6 is 11.8 Å². The minimum atomic E-state index is -0.847. The first-order valence-corrected chi connectivity index (χ1v) is 14.3. The second-order valence-corrected chi connectivity index (χ2v) is 11.0. The largest absolute Gasteiger partial charge is 0.381 e. The molecule has 8 nitrogen and oxygen atoms in total. The number of amides is 2. The number of nitrogens with one attached hydrogen (secondary N) is 2. The van der Waals surface area contributed by atoms with Crippen LogP contribution in [0.4, 0.5) is 0 Å². The Labute approximate surface area is 218 Å². The number of thioether (sulfide) groups is 1. The van der Waals surface area contributed by atoms with Gasteiger partial charge in [0.1, 0.15) is 6.04 Å². The van der Waals surface area contributed by atoms with Crippen LogP contribution < -0.4 is 10.7 Å². The smallest absolute Gasteiger partial charge is 0.309 e. The highest BCUT2D eigenvalue weighted by Crippen LogP contribution is 2.29. The summed E-state index contributed by atoms with van der Waals surface area (Å²) in [6.07, 6.45) is 7.31. The Morgan fingerprint density at radius 3 is 2.42 bits per heavy atom. The average Bonchev–Trinajstić information content (AvgIpc) is 3.22. The lowest BCUT2D eigenvalue weighted by Crippen LogP contribution is -2.53. The number of carbonyl (C=O) groups is 3. The van der Waals surface area contributed by atoms with Crippen LogP contribution in [-0.4, -0.2) is 59.2 Å². The van der Waals surface area contributed by atoms with Crippen LogP contribution in [0.2, 0.25) is 0 Å². The predicted molar refractivity (Wildman–Crippen MR) is 141 cm³/mol. The van der Waals surface area contributed by atoms with Gasteiger partial charge < -0.3 is 15.0 Å². The quantitative estimate of drug-likeness (QED) is 0.312. The highest BCUT2D eigenvalue weighted by Gasteiger charge is 2.36. The Kier molecular flexibility index (Phi) is 9.81. The predicted octanol–water partition coefficient (Wildman–Crippen LogP) is 3.63. The van der Waals surface area contributed by atoms with E-state index in [1.165, 1.54) is 0 Å². The first-order valence-electron chi connectivity index (χ1n) is 13.3. The summed E-state index contributed by atoms with van der Waals surface area (Å²) in [5, 5.41) is 7.99. The van der Waals surface area contributed by atoms with Gasteiger partial charge in [-0.25, -0.2) is 5.43 Å². The van der Waals surface area contributed by atoms with E-state index in [1.54, 1.807) is 11.8 Å². The van der Waals surface area contributed by atoms with Crippen molar-refractivity contribution in [3.8, 4) is 0 Å². The first kappa shape index (κ1) is 26.7. The number of ether oxygens (including phenoxy) is 1. The van der Waals surface area contributed by atoms with Crippen LogP contribution in [0.3, 0.4) is 0 Å². The van der Waals surface area contributed by atoms with Crippen LogP contribution in [0.5, 0.6) is 0 Å². The molecule has 3 fully saturated rings. The molecule has 1 unspecified atom stereocenters. The van der Waals surface area contributed by atoms with Gasteiger partial charge in [0.05, 0.1) is 6.04 Å². The normalized spacial score (nSPS) is 22.6. The summed E-state index contributed by atoms with van der Waals surface area (Å²) in [6, 6.07) is 9.39. The summed E-state index contributed by atoms with van der Waals surface area (Å²) >= 11 is 1.56. The number of amidine groups is 1. The Balaban J connectivity index is 1.42. The van der Waals surface area contributed by atoms with Crippen LogP contribution in [0, 0.1) is 11.8 Å². The van der Waals surface area contributed by atoms with Crippen molar-refractivity contribution in [2.75, 3.05) is 25.5 Å². The fraction of sp³-hybridized carbons (Fsp3) is 0.630. The topological polar surface area (TPSA) is 100 Å². The molecule has 2 atom stereocenters. The third-order valence-corrected chi connectivity index (χ3v) is 8.55. The van der Waals surface area contributed by atoms with E-state index >= 15 is 0 Å². The molecule has 0 aromatic heterocycles. The maximum Gasteiger partial charge on any atom is 0.309 e. The van der Waals surface area contributed by atoms with E-state index in [0.29, 0.717) is 31.2 Å². The molecular weight excluding hydrogens is 476 g/mol. The van der Waals surface area contributed by atoms with E-state index in [4.69, 9.17) is 4.74 Å². The van der Waals surface area contributed by atoms with Gasteiger partial charge >= 0.3 is 5.91 Å². The van der Waals surface area contributed by atoms with Crippen molar-refractivity contribution in [3.63, 3.8) is 0 Å². The molecule has 2 aliphatic heterocycles. The number of nitrogens with zero attached hydrogens (tertiary/aromatic N) is 2. The number of carbonyl (C=O) groups excluding carboxylic acids is 3. The van der Waals surface area contributed by atoms with E-state index in [0.717, 1.165) is 56.4 Å². The molecule has 2 heterocycles. The Bertz CT molecular complexity index is 927. The van der Waals surface area contributed by atoms with Crippen molar-refractivity contribution in [3.05, 3.63) is 35.9 Å². The minimum Gasteiger partial charge on any atom is -0.381 e. The Hall–Kier alpha value is -2.39. The monoisotopic (exact) mass is 514 g/mol. The molecule has 3 aliphatic rings. The summed E-state index contributed by atoms with van der Waals surface area (Å²) in [5.41, 5.74) is 3.66. The first-order chi connectivity index (χ1) is 17.5. The maximum atomic E-state index is 13.3. The molecule has 0 spiro atoms. The molecule has 0 radical (unpaired) electrons. The third kappa shape index (κ3) is 6.88. The van der Waals surface area contributed by atoms with E-state index < -0.39 is 17.7 Å². The molecule has 1 aromatic rings. The third-order valence-electron chi connectivity index (χ3n) is 7.58. The summed E-state index contributed by atoms with van der Waals surface area (Å²) in [6.45, 7) is 3.97. The van der Waals surface area contributed by atoms with Crippen molar-refractivity contribution in [1.82, 2.24) is 15.6 Å². The fourth-order valence-corrected chi connectivity index (χ4v) is 6.33. The molecule has 4 rings (SSSR count). The van der Waals surface area contributed by atoms with Crippen LogP contribution in [-0.2, 0) is 19.1 Å². The molecule has 36 heavy (non-hydrogen) atoms. The highest BCUT2D eigenvalue weighted by molar-refractivity contribution is 8.14. The molecule has 1 aromatic carbocycles. The maximum absolute atomic E-state index is 13.3. The SMILES string of the molecule is C[C@H](c1ccccc1)N1CCS/C1=N\NC(=O)C(=O)C(NC(=O)C1CCCCCC1)C1CCOCC1. The molecule has 196 valence electrons. The van der Waals surface area contributed by atoms with Gasteiger partial charge in [0.25, 0.3) is 0 Å². The van der Waals surface area contributed by atoms with Gasteiger partial charge in [0.15, 0.2) is 5.17 Å². The summed E-state index contributed by atoms with van der Waals surface area (Å²) < 4.78 is 5.46. The molecule has 1 aliphatic carbocycles.